The molecule has 0 bridgehead atoms. The molecule has 1 aliphatic rings. The van der Waals surface area contributed by atoms with Gasteiger partial charge in [-0.15, -0.1) is 0 Å². The monoisotopic (exact) mass is 507 g/mol. The summed E-state index contributed by atoms with van der Waals surface area (Å²) in [6.07, 6.45) is -5.09. The van der Waals surface area contributed by atoms with Gasteiger partial charge in [0.1, 0.15) is 12.7 Å². The number of ether oxygens (including phenoxy) is 3. The molecule has 0 aliphatic carbocycles. The minimum absolute atomic E-state index is 0.0590. The fourth-order valence-corrected chi connectivity index (χ4v) is 4.06. The molecule has 1 aliphatic heterocycles. The quantitative estimate of drug-likeness (QED) is 0.506. The number of aliphatic hydroxyl groups excluding tert-OH is 1. The lowest BCUT2D eigenvalue weighted by Crippen LogP contribution is -2.47. The summed E-state index contributed by atoms with van der Waals surface area (Å²) in [6.45, 7) is 1.73. The predicted octanol–water partition coefficient (Wildman–Crippen LogP) is 3.26. The van der Waals surface area contributed by atoms with Crippen LogP contribution in [0.1, 0.15) is 25.3 Å². The Labute approximate surface area is 198 Å². The minimum atomic E-state index is -4.88. The average molecular weight is 507 g/mol. The first kappa shape index (κ1) is 26.8. The van der Waals surface area contributed by atoms with E-state index >= 15 is 0 Å². The van der Waals surface area contributed by atoms with E-state index < -0.39 is 66.2 Å². The van der Waals surface area contributed by atoms with Crippen LogP contribution < -0.4 is 10.1 Å². The van der Waals surface area contributed by atoms with Gasteiger partial charge in [-0.05, 0) is 13.0 Å². The second-order valence-electron chi connectivity index (χ2n) is 8.26. The topological polar surface area (TPSA) is 94.8 Å². The highest BCUT2D eigenvalue weighted by Crippen LogP contribution is 2.55. The van der Waals surface area contributed by atoms with Gasteiger partial charge in [0.15, 0.2) is 23.0 Å². The smallest absolute Gasteiger partial charge is 0.417 e. The maximum Gasteiger partial charge on any atom is 0.417 e. The van der Waals surface area contributed by atoms with Crippen molar-refractivity contribution in [1.82, 2.24) is 9.78 Å². The number of rotatable bonds is 9. The summed E-state index contributed by atoms with van der Waals surface area (Å²) in [6, 6.07) is 3.23. The van der Waals surface area contributed by atoms with Crippen molar-refractivity contribution in [2.24, 2.45) is 5.92 Å². The number of anilines is 1. The second-order valence-corrected chi connectivity index (χ2v) is 8.26. The van der Waals surface area contributed by atoms with Crippen LogP contribution in [0.15, 0.2) is 24.4 Å². The van der Waals surface area contributed by atoms with E-state index in [1.165, 1.54) is 24.8 Å². The van der Waals surface area contributed by atoms with Gasteiger partial charge in [0.05, 0.1) is 19.8 Å². The Balaban J connectivity index is 2.01. The van der Waals surface area contributed by atoms with Crippen LogP contribution in [0, 0.1) is 17.6 Å². The molecule has 1 fully saturated rings. The molecular weight excluding hydrogens is 481 g/mol. The van der Waals surface area contributed by atoms with Crippen LogP contribution >= 0.6 is 0 Å². The normalized spacial score (nSPS) is 24.5. The van der Waals surface area contributed by atoms with Crippen LogP contribution in [0.3, 0.4) is 0 Å². The molecule has 0 radical (unpaired) electrons. The zero-order valence-electron chi connectivity index (χ0n) is 19.2. The van der Waals surface area contributed by atoms with Gasteiger partial charge in [0.25, 0.3) is 5.91 Å². The highest BCUT2D eigenvalue weighted by atomic mass is 19.4. The third-order valence-electron chi connectivity index (χ3n) is 6.12. The van der Waals surface area contributed by atoms with Crippen molar-refractivity contribution in [3.05, 3.63) is 41.6 Å². The summed E-state index contributed by atoms with van der Waals surface area (Å²) in [5.74, 6) is -7.10. The van der Waals surface area contributed by atoms with Crippen LogP contribution in [0.2, 0.25) is 0 Å². The molecule has 194 valence electrons. The Hall–Kier alpha value is -2.77. The number of hydrogen-bond acceptors (Lipinski definition) is 6. The van der Waals surface area contributed by atoms with Crippen molar-refractivity contribution in [1.29, 1.82) is 0 Å². The zero-order chi connectivity index (χ0) is 26.0. The first-order chi connectivity index (χ1) is 16.4. The lowest BCUT2D eigenvalue weighted by molar-refractivity contribution is -0.272. The molecular formula is C22H26F5N3O5. The van der Waals surface area contributed by atoms with E-state index in [0.29, 0.717) is 13.2 Å². The number of methoxy groups -OCH3 is 1. The van der Waals surface area contributed by atoms with E-state index in [1.807, 2.05) is 0 Å². The van der Waals surface area contributed by atoms with Crippen LogP contribution in [-0.4, -0.2) is 65.6 Å². The Morgan fingerprint density at radius 2 is 2.00 bits per heavy atom. The van der Waals surface area contributed by atoms with Gasteiger partial charge in [-0.25, -0.2) is 4.39 Å². The molecule has 13 heteroatoms. The van der Waals surface area contributed by atoms with Gasteiger partial charge in [0.2, 0.25) is 5.82 Å². The number of amides is 1. The van der Waals surface area contributed by atoms with Gasteiger partial charge in [-0.2, -0.15) is 22.7 Å². The molecule has 1 aromatic heterocycles. The summed E-state index contributed by atoms with van der Waals surface area (Å²) < 4.78 is 87.5. The first-order valence-corrected chi connectivity index (χ1v) is 10.7. The average Bonchev–Trinajstić information content (AvgIpc) is 3.35. The molecule has 1 saturated heterocycles. The third kappa shape index (κ3) is 5.26. The number of carbonyl (C=O) groups is 1. The molecule has 2 heterocycles. The summed E-state index contributed by atoms with van der Waals surface area (Å²) >= 11 is 0. The lowest BCUT2D eigenvalue weighted by Gasteiger charge is -2.32. The number of nitrogens with one attached hydrogen (secondary N) is 1. The molecule has 8 nitrogen and oxygen atoms in total. The van der Waals surface area contributed by atoms with Crippen molar-refractivity contribution >= 4 is 11.7 Å². The number of carbonyl (C=O) groups excluding carboxylic acids is 1. The van der Waals surface area contributed by atoms with Gasteiger partial charge in [-0.1, -0.05) is 13.0 Å². The largest absolute Gasteiger partial charge is 0.488 e. The Kier molecular flexibility index (Phi) is 8.02. The predicted molar refractivity (Wildman–Crippen MR) is 113 cm³/mol. The molecule has 2 N–H and O–H groups in total. The van der Waals surface area contributed by atoms with Crippen molar-refractivity contribution in [3.8, 4) is 5.75 Å². The van der Waals surface area contributed by atoms with E-state index in [4.69, 9.17) is 19.3 Å². The molecule has 0 unspecified atom stereocenters. The van der Waals surface area contributed by atoms with Crippen LogP contribution in [0.5, 0.6) is 5.75 Å². The molecule has 1 amide bonds. The molecule has 0 spiro atoms. The SMILES string of the molecule is COCCn1ccc(NC(=O)[C@@H]2O[C@@](C)(C(F)(F)F)[C@@H](C)[C@H]2c2ccc(F)c(F)c2OCCO)n1. The zero-order valence-corrected chi connectivity index (χ0v) is 19.2. The van der Waals surface area contributed by atoms with Gasteiger partial charge < -0.3 is 24.6 Å². The number of aliphatic hydroxyl groups is 1. The first-order valence-electron chi connectivity index (χ1n) is 10.7. The number of hydrogen-bond donors (Lipinski definition) is 2. The van der Waals surface area contributed by atoms with E-state index in [9.17, 15) is 26.7 Å². The van der Waals surface area contributed by atoms with E-state index in [0.717, 1.165) is 19.1 Å². The summed E-state index contributed by atoms with van der Waals surface area (Å²) in [4.78, 5) is 13.1. The van der Waals surface area contributed by atoms with Crippen LogP contribution in [0.25, 0.3) is 0 Å². The molecule has 2 aromatic rings. The van der Waals surface area contributed by atoms with Crippen molar-refractivity contribution in [2.45, 2.75) is 44.2 Å². The summed E-state index contributed by atoms with van der Waals surface area (Å²) in [5.41, 5.74) is -2.97. The summed E-state index contributed by atoms with van der Waals surface area (Å²) in [5, 5.41) is 15.6. The van der Waals surface area contributed by atoms with Crippen molar-refractivity contribution < 1.29 is 46.1 Å². The maximum atomic E-state index is 14.6. The summed E-state index contributed by atoms with van der Waals surface area (Å²) in [7, 11) is 1.50. The highest BCUT2D eigenvalue weighted by Gasteiger charge is 2.66. The maximum absolute atomic E-state index is 14.6. The van der Waals surface area contributed by atoms with Crippen LogP contribution in [-0.2, 0) is 20.8 Å². The molecule has 3 rings (SSSR count). The van der Waals surface area contributed by atoms with Crippen LogP contribution in [0.4, 0.5) is 27.8 Å². The number of benzene rings is 1. The molecule has 0 saturated carbocycles. The molecule has 4 atom stereocenters. The fourth-order valence-electron chi connectivity index (χ4n) is 4.06. The number of alkyl halides is 3. The van der Waals surface area contributed by atoms with E-state index in [2.05, 4.69) is 10.4 Å². The van der Waals surface area contributed by atoms with Crippen molar-refractivity contribution in [3.63, 3.8) is 0 Å². The minimum Gasteiger partial charge on any atom is -0.488 e. The second kappa shape index (κ2) is 10.5. The lowest BCUT2D eigenvalue weighted by atomic mass is 9.77. The Morgan fingerprint density at radius 1 is 1.29 bits per heavy atom. The molecule has 35 heavy (non-hydrogen) atoms. The number of nitrogens with zero attached hydrogens (tertiary/aromatic N) is 2. The molecule has 1 aromatic carbocycles. The highest BCUT2D eigenvalue weighted by molar-refractivity contribution is 5.94. The van der Waals surface area contributed by atoms with E-state index in [1.54, 1.807) is 6.20 Å². The van der Waals surface area contributed by atoms with Gasteiger partial charge in [0, 0.05) is 36.8 Å². The van der Waals surface area contributed by atoms with E-state index in [-0.39, 0.29) is 11.4 Å². The standard InChI is InChI=1S/C22H26F5N3O5/c1-12-16(13-4-5-14(23)17(24)18(13)34-11-9-31)19(35-21(12,2)22(25,26)27)20(32)28-15-6-7-30(29-15)8-10-33-3/h4-7,12,16,19,31H,8-11H2,1-3H3,(H,28,29,32)/t12-,16-,19+,21+/m0/s1. The third-order valence-corrected chi connectivity index (χ3v) is 6.12. The van der Waals surface area contributed by atoms with Crippen molar-refractivity contribution in [2.75, 3.05) is 32.2 Å². The van der Waals surface area contributed by atoms with Gasteiger partial charge in [-0.3, -0.25) is 9.48 Å². The number of halogens is 5. The fraction of sp³-hybridized carbons (Fsp3) is 0.545. The Bertz CT molecular complexity index is 1050. The Morgan fingerprint density at radius 3 is 2.63 bits per heavy atom. The van der Waals surface area contributed by atoms with Gasteiger partial charge >= 0.3 is 6.18 Å². The number of aromatic nitrogens is 2.